The van der Waals surface area contributed by atoms with Crippen LogP contribution in [-0.4, -0.2) is 15.3 Å². The molecule has 27 heavy (non-hydrogen) atoms. The number of carbonyl (C=O) groups excluding carboxylic acids is 1. The van der Waals surface area contributed by atoms with Crippen LogP contribution in [0, 0.1) is 12.7 Å². The summed E-state index contributed by atoms with van der Waals surface area (Å²) in [5.41, 5.74) is 3.51. The predicted octanol–water partition coefficient (Wildman–Crippen LogP) is 5.35. The fourth-order valence-electron chi connectivity index (χ4n) is 2.86. The third-order valence-corrected chi connectivity index (χ3v) is 4.49. The average Bonchev–Trinajstić information content (AvgIpc) is 3.00. The summed E-state index contributed by atoms with van der Waals surface area (Å²) in [7, 11) is 0. The van der Waals surface area contributed by atoms with Gasteiger partial charge in [0.2, 0.25) is 0 Å². The number of nitrogens with zero attached hydrogens (tertiary/aromatic N) is 2. The first-order valence-corrected chi connectivity index (χ1v) is 8.70. The largest absolute Gasteiger partial charge is 0.306 e. The van der Waals surface area contributed by atoms with Crippen molar-refractivity contribution in [3.8, 4) is 11.3 Å². The van der Waals surface area contributed by atoms with Crippen LogP contribution in [0.3, 0.4) is 0 Å². The van der Waals surface area contributed by atoms with Crippen LogP contribution in [0.25, 0.3) is 16.9 Å². The number of aromatic nitrogens is 2. The second-order valence-corrected chi connectivity index (χ2v) is 6.65. The van der Waals surface area contributed by atoms with E-state index in [-0.39, 0.29) is 11.7 Å². The summed E-state index contributed by atoms with van der Waals surface area (Å²) in [6, 6.07) is 16.5. The van der Waals surface area contributed by atoms with E-state index in [1.807, 2.05) is 25.3 Å². The second kappa shape index (κ2) is 6.85. The highest BCUT2D eigenvalue weighted by Crippen LogP contribution is 2.29. The lowest BCUT2D eigenvalue weighted by Gasteiger charge is -2.08. The Kier molecular flexibility index (Phi) is 4.38. The number of imidazole rings is 1. The van der Waals surface area contributed by atoms with Crippen LogP contribution in [-0.2, 0) is 0 Å². The van der Waals surface area contributed by atoms with Crippen molar-refractivity contribution < 1.29 is 9.18 Å². The number of fused-ring (bicyclic) bond motifs is 1. The summed E-state index contributed by atoms with van der Waals surface area (Å²) in [4.78, 5) is 17.4. The van der Waals surface area contributed by atoms with Crippen molar-refractivity contribution in [3.05, 3.63) is 88.8 Å². The van der Waals surface area contributed by atoms with E-state index in [9.17, 15) is 9.18 Å². The molecule has 0 aliphatic heterocycles. The van der Waals surface area contributed by atoms with Gasteiger partial charge in [-0.2, -0.15) is 0 Å². The van der Waals surface area contributed by atoms with E-state index in [2.05, 4.69) is 10.3 Å². The lowest BCUT2D eigenvalue weighted by Crippen LogP contribution is -2.14. The minimum Gasteiger partial charge on any atom is -0.306 e. The van der Waals surface area contributed by atoms with Gasteiger partial charge >= 0.3 is 0 Å². The van der Waals surface area contributed by atoms with Gasteiger partial charge in [-0.15, -0.1) is 0 Å². The molecule has 2 aromatic carbocycles. The third-order valence-electron chi connectivity index (χ3n) is 4.24. The monoisotopic (exact) mass is 379 g/mol. The van der Waals surface area contributed by atoms with E-state index in [1.165, 1.54) is 12.1 Å². The van der Waals surface area contributed by atoms with E-state index >= 15 is 0 Å². The normalized spacial score (nSPS) is 10.9. The SMILES string of the molecule is Cc1ccn2c(NC(=O)c3ccc(Cl)cc3)c(-c3ccc(F)cc3)nc2c1. The molecule has 0 unspecified atom stereocenters. The zero-order valence-electron chi connectivity index (χ0n) is 14.4. The molecule has 0 fully saturated rings. The average molecular weight is 380 g/mol. The lowest BCUT2D eigenvalue weighted by molar-refractivity contribution is 0.102. The zero-order valence-corrected chi connectivity index (χ0v) is 15.2. The van der Waals surface area contributed by atoms with Gasteiger partial charge in [0.05, 0.1) is 0 Å². The molecule has 0 aliphatic rings. The quantitative estimate of drug-likeness (QED) is 0.521. The number of nitrogens with one attached hydrogen (secondary N) is 1. The topological polar surface area (TPSA) is 46.4 Å². The first kappa shape index (κ1) is 17.2. The maximum atomic E-state index is 13.3. The number of carbonyl (C=O) groups is 1. The molecule has 4 nitrogen and oxygen atoms in total. The van der Waals surface area contributed by atoms with Crippen LogP contribution >= 0.6 is 11.6 Å². The second-order valence-electron chi connectivity index (χ2n) is 6.21. The van der Waals surface area contributed by atoms with Gasteiger partial charge in [-0.25, -0.2) is 9.37 Å². The van der Waals surface area contributed by atoms with Crippen LogP contribution in [0.2, 0.25) is 5.02 Å². The fraction of sp³-hybridized carbons (Fsp3) is 0.0476. The van der Waals surface area contributed by atoms with Crippen LogP contribution in [0.5, 0.6) is 0 Å². The highest BCUT2D eigenvalue weighted by atomic mass is 35.5. The van der Waals surface area contributed by atoms with Gasteiger partial charge in [0.1, 0.15) is 23.0 Å². The maximum Gasteiger partial charge on any atom is 0.256 e. The smallest absolute Gasteiger partial charge is 0.256 e. The maximum absolute atomic E-state index is 13.3. The molecule has 2 heterocycles. The Morgan fingerprint density at radius 3 is 2.48 bits per heavy atom. The fourth-order valence-corrected chi connectivity index (χ4v) is 2.98. The van der Waals surface area contributed by atoms with E-state index in [0.29, 0.717) is 33.3 Å². The van der Waals surface area contributed by atoms with E-state index in [4.69, 9.17) is 11.6 Å². The van der Waals surface area contributed by atoms with Crippen molar-refractivity contribution in [2.75, 3.05) is 5.32 Å². The highest BCUT2D eigenvalue weighted by Gasteiger charge is 2.17. The minimum absolute atomic E-state index is 0.280. The van der Waals surface area contributed by atoms with E-state index in [1.54, 1.807) is 40.8 Å². The summed E-state index contributed by atoms with van der Waals surface area (Å²) < 4.78 is 15.1. The van der Waals surface area contributed by atoms with E-state index < -0.39 is 0 Å². The summed E-state index contributed by atoms with van der Waals surface area (Å²) in [6.07, 6.45) is 1.85. The molecule has 0 radical (unpaired) electrons. The van der Waals surface area contributed by atoms with Gasteiger partial charge in [-0.05, 0) is 73.2 Å². The van der Waals surface area contributed by atoms with Gasteiger partial charge in [0, 0.05) is 22.3 Å². The Labute approximate surface area is 160 Å². The van der Waals surface area contributed by atoms with Gasteiger partial charge in [-0.1, -0.05) is 11.6 Å². The van der Waals surface area contributed by atoms with Crippen molar-refractivity contribution in [2.45, 2.75) is 6.92 Å². The van der Waals surface area contributed by atoms with Gasteiger partial charge in [-0.3, -0.25) is 9.20 Å². The first-order chi connectivity index (χ1) is 13.0. The standard InChI is InChI=1S/C21H15ClFN3O/c1-13-10-11-26-18(12-13)24-19(14-4-8-17(23)9-5-14)20(26)25-21(27)15-2-6-16(22)7-3-15/h2-12H,1H3,(H,25,27). The minimum atomic E-state index is -0.329. The lowest BCUT2D eigenvalue weighted by atomic mass is 10.1. The number of hydrogen-bond donors (Lipinski definition) is 1. The molecule has 2 aromatic heterocycles. The van der Waals surface area contributed by atoms with Crippen LogP contribution < -0.4 is 5.32 Å². The molecular weight excluding hydrogens is 365 g/mol. The molecule has 6 heteroatoms. The molecule has 134 valence electrons. The zero-order chi connectivity index (χ0) is 19.0. The Bertz CT molecular complexity index is 1130. The first-order valence-electron chi connectivity index (χ1n) is 8.33. The molecule has 0 saturated heterocycles. The van der Waals surface area contributed by atoms with Crippen LogP contribution in [0.15, 0.2) is 66.9 Å². The number of halogens is 2. The Hall–Kier alpha value is -3.18. The van der Waals surface area contributed by atoms with Gasteiger partial charge in [0.25, 0.3) is 5.91 Å². The van der Waals surface area contributed by atoms with Crippen molar-refractivity contribution >= 4 is 29.0 Å². The number of hydrogen-bond acceptors (Lipinski definition) is 2. The molecule has 4 aromatic rings. The molecule has 0 bridgehead atoms. The Morgan fingerprint density at radius 2 is 1.78 bits per heavy atom. The van der Waals surface area contributed by atoms with Crippen molar-refractivity contribution in [2.24, 2.45) is 0 Å². The number of rotatable bonds is 3. The van der Waals surface area contributed by atoms with E-state index in [0.717, 1.165) is 5.56 Å². The van der Waals surface area contributed by atoms with Gasteiger partial charge < -0.3 is 5.32 Å². The Balaban J connectivity index is 1.82. The molecular formula is C21H15ClFN3O. The molecule has 0 saturated carbocycles. The summed E-state index contributed by atoms with van der Waals surface area (Å²) in [5.74, 6) is -0.0842. The van der Waals surface area contributed by atoms with Gasteiger partial charge in [0.15, 0.2) is 0 Å². The molecule has 4 rings (SSSR count). The van der Waals surface area contributed by atoms with Crippen LogP contribution in [0.1, 0.15) is 15.9 Å². The summed E-state index contributed by atoms with van der Waals surface area (Å²) in [6.45, 7) is 1.97. The summed E-state index contributed by atoms with van der Waals surface area (Å²) >= 11 is 5.89. The predicted molar refractivity (Wildman–Crippen MR) is 105 cm³/mol. The number of amides is 1. The number of aryl methyl sites for hydroxylation is 1. The molecule has 1 N–H and O–H groups in total. The highest BCUT2D eigenvalue weighted by molar-refractivity contribution is 6.30. The molecule has 0 aliphatic carbocycles. The number of pyridine rings is 1. The van der Waals surface area contributed by atoms with Crippen molar-refractivity contribution in [1.82, 2.24) is 9.38 Å². The molecule has 0 atom stereocenters. The molecule has 1 amide bonds. The van der Waals surface area contributed by atoms with Crippen LogP contribution in [0.4, 0.5) is 10.2 Å². The Morgan fingerprint density at radius 1 is 1.07 bits per heavy atom. The summed E-state index contributed by atoms with van der Waals surface area (Å²) in [5, 5.41) is 3.49. The third kappa shape index (κ3) is 3.41. The number of anilines is 1. The van der Waals surface area contributed by atoms with Crippen molar-refractivity contribution in [1.29, 1.82) is 0 Å². The molecule has 0 spiro atoms. The number of benzene rings is 2. The van der Waals surface area contributed by atoms with Crippen molar-refractivity contribution in [3.63, 3.8) is 0 Å².